The van der Waals surface area contributed by atoms with E-state index in [4.69, 9.17) is 4.74 Å². The molecule has 0 bridgehead atoms. The zero-order chi connectivity index (χ0) is 11.3. The van der Waals surface area contributed by atoms with Crippen LogP contribution in [0.4, 0.5) is 0 Å². The summed E-state index contributed by atoms with van der Waals surface area (Å²) in [4.78, 5) is 11.3. The number of hydrogen-bond donors (Lipinski definition) is 0. The van der Waals surface area contributed by atoms with E-state index in [9.17, 15) is 4.79 Å². The zero-order valence-corrected chi connectivity index (χ0v) is 10.6. The summed E-state index contributed by atoms with van der Waals surface area (Å²) in [6.45, 7) is 4.60. The average molecular weight is 271 g/mol. The van der Waals surface area contributed by atoms with Gasteiger partial charge in [-0.3, -0.25) is 4.79 Å². The van der Waals surface area contributed by atoms with Crippen molar-refractivity contribution in [1.29, 1.82) is 0 Å². The van der Waals surface area contributed by atoms with E-state index in [0.717, 1.165) is 16.9 Å². The summed E-state index contributed by atoms with van der Waals surface area (Å²) in [6, 6.07) is 5.92. The molecule has 0 fully saturated rings. The van der Waals surface area contributed by atoms with Gasteiger partial charge >= 0.3 is 0 Å². The highest BCUT2D eigenvalue weighted by molar-refractivity contribution is 9.09. The van der Waals surface area contributed by atoms with Crippen LogP contribution in [-0.4, -0.2) is 17.7 Å². The number of carbonyl (C=O) groups excluding carboxylic acids is 1. The van der Waals surface area contributed by atoms with E-state index in [0.29, 0.717) is 18.4 Å². The second-order valence-electron chi connectivity index (χ2n) is 3.44. The first-order valence-electron chi connectivity index (χ1n) is 4.96. The Labute approximate surface area is 98.8 Å². The van der Waals surface area contributed by atoms with Crippen molar-refractivity contribution in [2.24, 2.45) is 0 Å². The average Bonchev–Trinajstić information content (AvgIpc) is 2.17. The molecule has 0 spiro atoms. The summed E-state index contributed by atoms with van der Waals surface area (Å²) in [5, 5.41) is 0.408. The fraction of sp³-hybridized carbons (Fsp3) is 0.417. The molecule has 82 valence electrons. The Hall–Kier alpha value is -0.830. The third-order valence-electron chi connectivity index (χ3n) is 1.97. The molecule has 0 aliphatic heterocycles. The summed E-state index contributed by atoms with van der Waals surface area (Å²) in [7, 11) is 0. The monoisotopic (exact) mass is 270 g/mol. The molecule has 1 aromatic carbocycles. The highest BCUT2D eigenvalue weighted by Crippen LogP contribution is 2.17. The van der Waals surface area contributed by atoms with Crippen LogP contribution in [0.15, 0.2) is 18.2 Å². The first kappa shape index (κ1) is 12.2. The van der Waals surface area contributed by atoms with E-state index >= 15 is 0 Å². The van der Waals surface area contributed by atoms with Gasteiger partial charge in [-0.1, -0.05) is 22.0 Å². The topological polar surface area (TPSA) is 26.3 Å². The van der Waals surface area contributed by atoms with Crippen molar-refractivity contribution in [1.82, 2.24) is 0 Å². The van der Waals surface area contributed by atoms with Gasteiger partial charge in [0.25, 0.3) is 0 Å². The van der Waals surface area contributed by atoms with Crippen LogP contribution >= 0.6 is 15.9 Å². The lowest BCUT2D eigenvalue weighted by Crippen LogP contribution is -2.04. The van der Waals surface area contributed by atoms with E-state index in [1.54, 1.807) is 0 Å². The van der Waals surface area contributed by atoms with Gasteiger partial charge in [0, 0.05) is 6.42 Å². The van der Waals surface area contributed by atoms with Crippen LogP contribution in [0, 0.1) is 6.92 Å². The fourth-order valence-electron chi connectivity index (χ4n) is 1.45. The van der Waals surface area contributed by atoms with Gasteiger partial charge in [0.2, 0.25) is 0 Å². The number of alkyl halides is 1. The Bertz CT molecular complexity index is 347. The lowest BCUT2D eigenvalue weighted by molar-refractivity contribution is -0.115. The molecule has 3 heteroatoms. The van der Waals surface area contributed by atoms with E-state index < -0.39 is 0 Å². The molecule has 0 aromatic heterocycles. The second kappa shape index (κ2) is 5.91. The first-order chi connectivity index (χ1) is 7.15. The van der Waals surface area contributed by atoms with Gasteiger partial charge in [-0.25, -0.2) is 0 Å². The normalized spacial score (nSPS) is 10.1. The molecule has 0 atom stereocenters. The van der Waals surface area contributed by atoms with Gasteiger partial charge in [-0.2, -0.15) is 0 Å². The van der Waals surface area contributed by atoms with E-state index in [2.05, 4.69) is 15.9 Å². The SMILES string of the molecule is CCOc1cc(C)cc(CC(=O)CBr)c1. The van der Waals surface area contributed by atoms with Crippen molar-refractivity contribution < 1.29 is 9.53 Å². The Balaban J connectivity index is 2.83. The third-order valence-corrected chi connectivity index (χ3v) is 2.60. The van der Waals surface area contributed by atoms with Gasteiger partial charge in [-0.15, -0.1) is 0 Å². The largest absolute Gasteiger partial charge is 0.494 e. The number of Topliss-reactive ketones (excluding diaryl/α,β-unsaturated/α-hetero) is 1. The molecule has 2 nitrogen and oxygen atoms in total. The molecule has 1 rings (SSSR count). The molecule has 0 N–H and O–H groups in total. The first-order valence-corrected chi connectivity index (χ1v) is 6.09. The van der Waals surface area contributed by atoms with Gasteiger partial charge in [0.1, 0.15) is 11.5 Å². The van der Waals surface area contributed by atoms with Crippen molar-refractivity contribution >= 4 is 21.7 Å². The minimum Gasteiger partial charge on any atom is -0.494 e. The molecule has 0 saturated carbocycles. The Morgan fingerprint density at radius 1 is 1.40 bits per heavy atom. The Morgan fingerprint density at radius 3 is 2.73 bits per heavy atom. The lowest BCUT2D eigenvalue weighted by Gasteiger charge is -2.07. The maximum atomic E-state index is 11.3. The molecular formula is C12H15BrO2. The van der Waals surface area contributed by atoms with Crippen LogP contribution in [0.1, 0.15) is 18.1 Å². The van der Waals surface area contributed by atoms with E-state index in [1.165, 1.54) is 0 Å². The predicted octanol–water partition coefficient (Wildman–Crippen LogP) is 2.90. The maximum absolute atomic E-state index is 11.3. The lowest BCUT2D eigenvalue weighted by atomic mass is 10.1. The molecular weight excluding hydrogens is 256 g/mol. The summed E-state index contributed by atoms with van der Waals surface area (Å²) in [5.41, 5.74) is 2.14. The van der Waals surface area contributed by atoms with Crippen molar-refractivity contribution in [3.63, 3.8) is 0 Å². The number of rotatable bonds is 5. The van der Waals surface area contributed by atoms with Gasteiger partial charge in [-0.05, 0) is 37.1 Å². The number of ether oxygens (including phenoxy) is 1. The minimum absolute atomic E-state index is 0.183. The number of aryl methyl sites for hydroxylation is 1. The zero-order valence-electron chi connectivity index (χ0n) is 9.05. The maximum Gasteiger partial charge on any atom is 0.147 e. The fourth-order valence-corrected chi connectivity index (χ4v) is 1.65. The number of ketones is 1. The quantitative estimate of drug-likeness (QED) is 0.770. The molecule has 0 amide bonds. The molecule has 15 heavy (non-hydrogen) atoms. The number of halogens is 1. The van der Waals surface area contributed by atoms with E-state index in [-0.39, 0.29) is 5.78 Å². The Morgan fingerprint density at radius 2 is 2.13 bits per heavy atom. The van der Waals surface area contributed by atoms with Gasteiger partial charge < -0.3 is 4.74 Å². The molecule has 1 aromatic rings. The van der Waals surface area contributed by atoms with Gasteiger partial charge in [0.15, 0.2) is 0 Å². The van der Waals surface area contributed by atoms with Crippen LogP contribution in [-0.2, 0) is 11.2 Å². The van der Waals surface area contributed by atoms with Crippen molar-refractivity contribution in [2.45, 2.75) is 20.3 Å². The van der Waals surface area contributed by atoms with Crippen molar-refractivity contribution in [3.8, 4) is 5.75 Å². The highest BCUT2D eigenvalue weighted by atomic mass is 79.9. The van der Waals surface area contributed by atoms with Gasteiger partial charge in [0.05, 0.1) is 11.9 Å². The van der Waals surface area contributed by atoms with Crippen LogP contribution in [0.5, 0.6) is 5.75 Å². The van der Waals surface area contributed by atoms with Crippen LogP contribution in [0.3, 0.4) is 0 Å². The second-order valence-corrected chi connectivity index (χ2v) is 4.00. The van der Waals surface area contributed by atoms with E-state index in [1.807, 2.05) is 32.0 Å². The molecule has 0 aliphatic rings. The van der Waals surface area contributed by atoms with Crippen molar-refractivity contribution in [3.05, 3.63) is 29.3 Å². The number of carbonyl (C=O) groups is 1. The van der Waals surface area contributed by atoms with Crippen LogP contribution in [0.2, 0.25) is 0 Å². The highest BCUT2D eigenvalue weighted by Gasteiger charge is 2.04. The molecule has 0 radical (unpaired) electrons. The predicted molar refractivity (Wildman–Crippen MR) is 64.9 cm³/mol. The Kier molecular flexibility index (Phi) is 4.82. The summed E-state index contributed by atoms with van der Waals surface area (Å²) < 4.78 is 5.42. The smallest absolute Gasteiger partial charge is 0.147 e. The summed E-state index contributed by atoms with van der Waals surface area (Å²) in [5.74, 6) is 1.03. The molecule has 0 aliphatic carbocycles. The van der Waals surface area contributed by atoms with Crippen LogP contribution in [0.25, 0.3) is 0 Å². The standard InChI is InChI=1S/C12H15BrO2/c1-3-15-12-5-9(2)4-10(7-12)6-11(14)8-13/h4-5,7H,3,6,8H2,1-2H3. The van der Waals surface area contributed by atoms with Crippen LogP contribution < -0.4 is 4.74 Å². The number of benzene rings is 1. The van der Waals surface area contributed by atoms with Crippen molar-refractivity contribution in [2.75, 3.05) is 11.9 Å². The summed E-state index contributed by atoms with van der Waals surface area (Å²) in [6.07, 6.45) is 0.465. The molecule has 0 heterocycles. The molecule has 0 saturated heterocycles. The number of hydrogen-bond acceptors (Lipinski definition) is 2. The minimum atomic E-state index is 0.183. The third kappa shape index (κ3) is 4.04. The summed E-state index contributed by atoms with van der Waals surface area (Å²) >= 11 is 3.16. The molecule has 0 unspecified atom stereocenters.